The molecule has 0 atom stereocenters. The normalized spacial score (nSPS) is 14.2. The molecular formula is C20H23FN2O5S. The molecule has 0 saturated carbocycles. The van der Waals surface area contributed by atoms with Crippen LogP contribution >= 0.6 is 0 Å². The van der Waals surface area contributed by atoms with Crippen LogP contribution in [0.4, 0.5) is 4.39 Å². The van der Waals surface area contributed by atoms with Crippen molar-refractivity contribution >= 4 is 15.9 Å². The first-order chi connectivity index (χ1) is 13.9. The molecule has 1 aliphatic rings. The Morgan fingerprint density at radius 3 is 2.45 bits per heavy atom. The second-order valence-electron chi connectivity index (χ2n) is 6.61. The van der Waals surface area contributed by atoms with E-state index >= 15 is 0 Å². The van der Waals surface area contributed by atoms with E-state index in [1.54, 1.807) is 19.2 Å². The second-order valence-corrected chi connectivity index (χ2v) is 8.70. The van der Waals surface area contributed by atoms with Crippen molar-refractivity contribution in [2.24, 2.45) is 0 Å². The van der Waals surface area contributed by atoms with E-state index in [9.17, 15) is 17.6 Å². The lowest BCUT2D eigenvalue weighted by atomic mass is 10.0. The third-order valence-electron chi connectivity index (χ3n) is 4.84. The highest BCUT2D eigenvalue weighted by atomic mass is 32.2. The number of rotatable bonds is 7. The van der Waals surface area contributed by atoms with Crippen LogP contribution in [0.3, 0.4) is 0 Å². The van der Waals surface area contributed by atoms with Crippen LogP contribution < -0.4 is 14.8 Å². The Balaban J connectivity index is 1.63. The molecule has 1 heterocycles. The minimum atomic E-state index is -3.60. The fraction of sp³-hybridized carbons (Fsp3) is 0.350. The summed E-state index contributed by atoms with van der Waals surface area (Å²) >= 11 is 0. The molecule has 1 aliphatic heterocycles. The number of nitrogens with one attached hydrogen (secondary N) is 1. The van der Waals surface area contributed by atoms with Crippen LogP contribution in [0.1, 0.15) is 21.5 Å². The maximum atomic E-state index is 13.6. The summed E-state index contributed by atoms with van der Waals surface area (Å²) in [6, 6.07) is 9.21. The second kappa shape index (κ2) is 8.79. The number of methoxy groups -OCH3 is 2. The highest BCUT2D eigenvalue weighted by molar-refractivity contribution is 7.89. The molecule has 0 aromatic heterocycles. The van der Waals surface area contributed by atoms with E-state index in [1.165, 1.54) is 29.6 Å². The molecule has 0 bridgehead atoms. The zero-order chi connectivity index (χ0) is 21.0. The molecule has 156 valence electrons. The first-order valence-corrected chi connectivity index (χ1v) is 10.7. The van der Waals surface area contributed by atoms with E-state index in [1.807, 2.05) is 6.07 Å². The lowest BCUT2D eigenvalue weighted by Gasteiger charge is -2.29. The quantitative estimate of drug-likeness (QED) is 0.737. The van der Waals surface area contributed by atoms with E-state index in [2.05, 4.69) is 5.32 Å². The number of fused-ring (bicyclic) bond motifs is 1. The fourth-order valence-electron chi connectivity index (χ4n) is 3.26. The van der Waals surface area contributed by atoms with Crippen molar-refractivity contribution in [1.29, 1.82) is 0 Å². The van der Waals surface area contributed by atoms with Gasteiger partial charge in [-0.25, -0.2) is 12.8 Å². The molecule has 3 rings (SSSR count). The van der Waals surface area contributed by atoms with Crippen LogP contribution in [0, 0.1) is 5.82 Å². The zero-order valence-corrected chi connectivity index (χ0v) is 17.1. The Labute approximate surface area is 169 Å². The summed E-state index contributed by atoms with van der Waals surface area (Å²) in [5.74, 6) is -0.402. The van der Waals surface area contributed by atoms with Gasteiger partial charge in [0.2, 0.25) is 10.0 Å². The summed E-state index contributed by atoms with van der Waals surface area (Å²) in [6.07, 6.45) is 0.552. The number of carbonyl (C=O) groups excluding carboxylic acids is 1. The molecule has 29 heavy (non-hydrogen) atoms. The molecule has 7 nitrogen and oxygen atoms in total. The molecule has 1 N–H and O–H groups in total. The number of sulfonamides is 1. The standard InChI is InChI=1S/C20H23FN2O5S/c1-27-18-11-14-7-9-23(13-15(14)12-19(18)28-2)29(25,26)10-8-22-20(24)16-5-3-4-6-17(16)21/h3-6,11-12H,7-10,13H2,1-2H3,(H,22,24). The maximum Gasteiger partial charge on any atom is 0.254 e. The third kappa shape index (κ3) is 4.68. The summed E-state index contributed by atoms with van der Waals surface area (Å²) in [4.78, 5) is 12.0. The Kier molecular flexibility index (Phi) is 6.39. The Morgan fingerprint density at radius 2 is 1.79 bits per heavy atom. The number of hydrogen-bond acceptors (Lipinski definition) is 5. The topological polar surface area (TPSA) is 84.9 Å². The average molecular weight is 422 g/mol. The molecule has 0 radical (unpaired) electrons. The van der Waals surface area contributed by atoms with Crippen LogP contribution in [-0.4, -0.2) is 51.7 Å². The van der Waals surface area contributed by atoms with Gasteiger partial charge in [0.1, 0.15) is 5.82 Å². The van der Waals surface area contributed by atoms with Gasteiger partial charge in [0.05, 0.1) is 25.5 Å². The number of amides is 1. The summed E-state index contributed by atoms with van der Waals surface area (Å²) < 4.78 is 51.0. The lowest BCUT2D eigenvalue weighted by Crippen LogP contribution is -2.40. The van der Waals surface area contributed by atoms with E-state index in [4.69, 9.17) is 9.47 Å². The van der Waals surface area contributed by atoms with Crippen LogP contribution in [0.5, 0.6) is 11.5 Å². The van der Waals surface area contributed by atoms with Gasteiger partial charge in [0, 0.05) is 19.6 Å². The lowest BCUT2D eigenvalue weighted by molar-refractivity contribution is 0.0952. The summed E-state index contributed by atoms with van der Waals surface area (Å²) in [6.45, 7) is 0.455. The smallest absolute Gasteiger partial charge is 0.254 e. The Bertz CT molecular complexity index is 1010. The van der Waals surface area contributed by atoms with Crippen molar-refractivity contribution < 1.29 is 27.1 Å². The molecule has 2 aromatic rings. The predicted octanol–water partition coefficient (Wildman–Crippen LogP) is 1.96. The largest absolute Gasteiger partial charge is 0.493 e. The fourth-order valence-corrected chi connectivity index (χ4v) is 4.58. The van der Waals surface area contributed by atoms with Crippen LogP contribution in [0.15, 0.2) is 36.4 Å². The first kappa shape index (κ1) is 21.1. The molecule has 0 unspecified atom stereocenters. The highest BCUT2D eigenvalue weighted by Gasteiger charge is 2.28. The van der Waals surface area contributed by atoms with Gasteiger partial charge in [-0.3, -0.25) is 4.79 Å². The number of ether oxygens (including phenoxy) is 2. The Morgan fingerprint density at radius 1 is 1.14 bits per heavy atom. The first-order valence-electron chi connectivity index (χ1n) is 9.10. The maximum absolute atomic E-state index is 13.6. The number of nitrogens with zero attached hydrogens (tertiary/aromatic N) is 1. The average Bonchev–Trinajstić information content (AvgIpc) is 2.72. The third-order valence-corrected chi connectivity index (χ3v) is 6.66. The van der Waals surface area contributed by atoms with Gasteiger partial charge in [-0.2, -0.15) is 4.31 Å². The Hall–Kier alpha value is -2.65. The van der Waals surface area contributed by atoms with Gasteiger partial charge in [-0.1, -0.05) is 12.1 Å². The minimum Gasteiger partial charge on any atom is -0.493 e. The SMILES string of the molecule is COc1cc2c(cc1OC)CN(S(=O)(=O)CCNC(=O)c1ccccc1F)CC2. The summed E-state index contributed by atoms with van der Waals surface area (Å²) in [5.41, 5.74) is 1.76. The van der Waals surface area contributed by atoms with Crippen molar-refractivity contribution in [3.63, 3.8) is 0 Å². The van der Waals surface area contributed by atoms with Crippen molar-refractivity contribution in [3.8, 4) is 11.5 Å². The summed E-state index contributed by atoms with van der Waals surface area (Å²) in [5, 5.41) is 2.47. The number of halogens is 1. The molecule has 2 aromatic carbocycles. The van der Waals surface area contributed by atoms with E-state index in [0.29, 0.717) is 24.5 Å². The predicted molar refractivity (Wildman–Crippen MR) is 106 cm³/mol. The summed E-state index contributed by atoms with van der Waals surface area (Å²) in [7, 11) is -0.514. The van der Waals surface area contributed by atoms with Gasteiger partial charge in [0.25, 0.3) is 5.91 Å². The van der Waals surface area contributed by atoms with Crippen LogP contribution in [0.25, 0.3) is 0 Å². The van der Waals surface area contributed by atoms with Gasteiger partial charge < -0.3 is 14.8 Å². The monoisotopic (exact) mass is 422 g/mol. The molecule has 0 fully saturated rings. The van der Waals surface area contributed by atoms with Crippen molar-refractivity contribution in [3.05, 3.63) is 58.9 Å². The molecule has 1 amide bonds. The van der Waals surface area contributed by atoms with Gasteiger partial charge in [-0.05, 0) is 41.8 Å². The van der Waals surface area contributed by atoms with Gasteiger partial charge in [0.15, 0.2) is 11.5 Å². The molecule has 0 spiro atoms. The number of benzene rings is 2. The van der Waals surface area contributed by atoms with Crippen molar-refractivity contribution in [2.75, 3.05) is 33.1 Å². The minimum absolute atomic E-state index is 0.106. The zero-order valence-electron chi connectivity index (χ0n) is 16.3. The highest BCUT2D eigenvalue weighted by Crippen LogP contribution is 2.33. The van der Waals surface area contributed by atoms with Crippen LogP contribution in [0.2, 0.25) is 0 Å². The van der Waals surface area contributed by atoms with E-state index in [-0.39, 0.29) is 24.4 Å². The number of carbonyl (C=O) groups is 1. The van der Waals surface area contributed by atoms with Crippen molar-refractivity contribution in [1.82, 2.24) is 9.62 Å². The molecule has 9 heteroatoms. The molecule has 0 saturated heterocycles. The molecule has 0 aliphatic carbocycles. The van der Waals surface area contributed by atoms with Crippen LogP contribution in [-0.2, 0) is 23.0 Å². The molecular weight excluding hydrogens is 399 g/mol. The van der Waals surface area contributed by atoms with E-state index in [0.717, 1.165) is 11.1 Å². The van der Waals surface area contributed by atoms with Crippen molar-refractivity contribution in [2.45, 2.75) is 13.0 Å². The van der Waals surface area contributed by atoms with E-state index < -0.39 is 21.7 Å². The van der Waals surface area contributed by atoms with Gasteiger partial charge in [-0.15, -0.1) is 0 Å². The van der Waals surface area contributed by atoms with Gasteiger partial charge >= 0.3 is 0 Å². The number of hydrogen-bond donors (Lipinski definition) is 1.